The van der Waals surface area contributed by atoms with Crippen LogP contribution >= 0.6 is 0 Å². The van der Waals surface area contributed by atoms with Crippen molar-refractivity contribution in [3.8, 4) is 5.75 Å². The summed E-state index contributed by atoms with van der Waals surface area (Å²) in [5.41, 5.74) is 0.801. The van der Waals surface area contributed by atoms with E-state index in [1.165, 1.54) is 0 Å². The molecule has 0 saturated heterocycles. The minimum Gasteiger partial charge on any atom is -0.486 e. The zero-order valence-corrected chi connectivity index (χ0v) is 11.4. The van der Waals surface area contributed by atoms with Crippen molar-refractivity contribution < 1.29 is 9.53 Å². The van der Waals surface area contributed by atoms with Gasteiger partial charge in [-0.05, 0) is 32.8 Å². The van der Waals surface area contributed by atoms with E-state index in [-0.39, 0.29) is 17.6 Å². The predicted molar refractivity (Wildman–Crippen MR) is 73.1 cm³/mol. The molecule has 102 valence electrons. The van der Waals surface area contributed by atoms with Crippen LogP contribution in [-0.4, -0.2) is 24.1 Å². The van der Waals surface area contributed by atoms with Gasteiger partial charge in [-0.2, -0.15) is 0 Å². The van der Waals surface area contributed by atoms with Crippen molar-refractivity contribution in [3.63, 3.8) is 0 Å². The number of nitrogens with one attached hydrogen (secondary N) is 2. The van der Waals surface area contributed by atoms with Crippen LogP contribution < -0.4 is 15.4 Å². The summed E-state index contributed by atoms with van der Waals surface area (Å²) < 4.78 is 5.94. The van der Waals surface area contributed by atoms with E-state index in [4.69, 9.17) is 4.74 Å². The molecule has 1 heterocycles. The van der Waals surface area contributed by atoms with E-state index in [2.05, 4.69) is 16.7 Å². The SMILES string of the molecule is CC1(C)Oc2ccccc2C1NCC(=O)NC1CC1. The molecule has 2 N–H and O–H groups in total. The van der Waals surface area contributed by atoms with Gasteiger partial charge in [0.25, 0.3) is 0 Å². The molecule has 1 aromatic rings. The maximum atomic E-state index is 11.8. The van der Waals surface area contributed by atoms with Crippen LogP contribution in [0.4, 0.5) is 0 Å². The van der Waals surface area contributed by atoms with E-state index in [0.717, 1.165) is 24.2 Å². The molecule has 4 nitrogen and oxygen atoms in total. The number of fused-ring (bicyclic) bond motifs is 1. The van der Waals surface area contributed by atoms with E-state index in [1.807, 2.05) is 32.0 Å². The molecular formula is C15H20N2O2. The Balaban J connectivity index is 1.66. The topological polar surface area (TPSA) is 50.4 Å². The molecule has 0 radical (unpaired) electrons. The number of hydrogen-bond donors (Lipinski definition) is 2. The third-order valence-corrected chi connectivity index (χ3v) is 3.71. The Bertz CT molecular complexity index is 495. The Morgan fingerprint density at radius 2 is 2.11 bits per heavy atom. The first kappa shape index (κ1) is 12.5. The van der Waals surface area contributed by atoms with Gasteiger partial charge in [-0.15, -0.1) is 0 Å². The second-order valence-corrected chi connectivity index (χ2v) is 5.90. The summed E-state index contributed by atoms with van der Waals surface area (Å²) in [7, 11) is 0. The van der Waals surface area contributed by atoms with Gasteiger partial charge in [0, 0.05) is 11.6 Å². The van der Waals surface area contributed by atoms with Crippen LogP contribution in [0.2, 0.25) is 0 Å². The second kappa shape index (κ2) is 4.53. The number of rotatable bonds is 4. The van der Waals surface area contributed by atoms with Crippen LogP contribution in [-0.2, 0) is 4.79 Å². The van der Waals surface area contributed by atoms with Crippen LogP contribution in [0.1, 0.15) is 38.3 Å². The largest absolute Gasteiger partial charge is 0.486 e. The number of carbonyl (C=O) groups excluding carboxylic acids is 1. The van der Waals surface area contributed by atoms with Crippen molar-refractivity contribution in [2.24, 2.45) is 0 Å². The minimum absolute atomic E-state index is 0.0497. The Morgan fingerprint density at radius 1 is 1.37 bits per heavy atom. The minimum atomic E-state index is -0.330. The highest BCUT2D eigenvalue weighted by Crippen LogP contribution is 2.42. The normalized spacial score (nSPS) is 23.6. The number of carbonyl (C=O) groups is 1. The zero-order valence-electron chi connectivity index (χ0n) is 11.4. The molecule has 1 unspecified atom stereocenters. The summed E-state index contributed by atoms with van der Waals surface area (Å²) in [6.45, 7) is 4.43. The van der Waals surface area contributed by atoms with Crippen LogP contribution in [0, 0.1) is 0 Å². The van der Waals surface area contributed by atoms with Gasteiger partial charge in [-0.3, -0.25) is 10.1 Å². The maximum Gasteiger partial charge on any atom is 0.234 e. The van der Waals surface area contributed by atoms with Gasteiger partial charge in [-0.1, -0.05) is 18.2 Å². The van der Waals surface area contributed by atoms with E-state index < -0.39 is 0 Å². The number of ether oxygens (including phenoxy) is 1. The highest BCUT2D eigenvalue weighted by Gasteiger charge is 2.40. The first-order valence-electron chi connectivity index (χ1n) is 6.87. The van der Waals surface area contributed by atoms with Crippen LogP contribution in [0.3, 0.4) is 0 Å². The zero-order chi connectivity index (χ0) is 13.5. The van der Waals surface area contributed by atoms with E-state index in [0.29, 0.717) is 12.6 Å². The highest BCUT2D eigenvalue weighted by atomic mass is 16.5. The lowest BCUT2D eigenvalue weighted by Crippen LogP contribution is -2.43. The molecular weight excluding hydrogens is 240 g/mol. The number of hydrogen-bond acceptors (Lipinski definition) is 3. The van der Waals surface area contributed by atoms with Crippen LogP contribution in [0.5, 0.6) is 5.75 Å². The lowest BCUT2D eigenvalue weighted by Gasteiger charge is -2.27. The Hall–Kier alpha value is -1.55. The highest BCUT2D eigenvalue weighted by molar-refractivity contribution is 5.78. The van der Waals surface area contributed by atoms with Gasteiger partial charge in [0.2, 0.25) is 5.91 Å². The van der Waals surface area contributed by atoms with Crippen LogP contribution in [0.25, 0.3) is 0 Å². The molecule has 4 heteroatoms. The fourth-order valence-electron chi connectivity index (χ4n) is 2.59. The standard InChI is InChI=1S/C15H20N2O2/c1-15(2)14(11-5-3-4-6-12(11)19-15)16-9-13(18)17-10-7-8-10/h3-6,10,14,16H,7-9H2,1-2H3,(H,17,18). The van der Waals surface area contributed by atoms with E-state index in [1.54, 1.807) is 0 Å². The fraction of sp³-hybridized carbons (Fsp3) is 0.533. The molecule has 1 atom stereocenters. The summed E-state index contributed by atoms with van der Waals surface area (Å²) >= 11 is 0. The van der Waals surface area contributed by atoms with E-state index in [9.17, 15) is 4.79 Å². The molecule has 0 bridgehead atoms. The lowest BCUT2D eigenvalue weighted by molar-refractivity contribution is -0.120. The molecule has 1 saturated carbocycles. The molecule has 0 aromatic heterocycles. The third-order valence-electron chi connectivity index (χ3n) is 3.71. The Labute approximate surface area is 113 Å². The van der Waals surface area contributed by atoms with Crippen molar-refractivity contribution in [2.45, 2.75) is 44.4 Å². The first-order valence-corrected chi connectivity index (χ1v) is 6.87. The van der Waals surface area contributed by atoms with Crippen molar-refractivity contribution in [2.75, 3.05) is 6.54 Å². The van der Waals surface area contributed by atoms with Gasteiger partial charge in [0.05, 0.1) is 12.6 Å². The average Bonchev–Trinajstić information content (AvgIpc) is 3.09. The molecule has 1 aliphatic carbocycles. The molecule has 1 aromatic carbocycles. The molecule has 2 aliphatic rings. The summed E-state index contributed by atoms with van der Waals surface area (Å²) in [5, 5.41) is 6.31. The molecule has 1 fully saturated rings. The smallest absolute Gasteiger partial charge is 0.234 e. The van der Waals surface area contributed by atoms with E-state index >= 15 is 0 Å². The third kappa shape index (κ3) is 2.59. The van der Waals surface area contributed by atoms with Crippen molar-refractivity contribution in [1.82, 2.24) is 10.6 Å². The van der Waals surface area contributed by atoms with Gasteiger partial charge < -0.3 is 10.1 Å². The summed E-state index contributed by atoms with van der Waals surface area (Å²) in [6, 6.07) is 8.46. The van der Waals surface area contributed by atoms with Gasteiger partial charge in [0.1, 0.15) is 11.4 Å². The quantitative estimate of drug-likeness (QED) is 0.867. The van der Waals surface area contributed by atoms with Crippen molar-refractivity contribution >= 4 is 5.91 Å². The molecule has 0 spiro atoms. The summed E-state index contributed by atoms with van der Waals surface area (Å²) in [6.07, 6.45) is 2.24. The molecule has 1 amide bonds. The van der Waals surface area contributed by atoms with Gasteiger partial charge in [-0.25, -0.2) is 0 Å². The summed E-state index contributed by atoms with van der Waals surface area (Å²) in [5.74, 6) is 0.982. The Kier molecular flexibility index (Phi) is 2.97. The average molecular weight is 260 g/mol. The number of amides is 1. The predicted octanol–water partition coefficient (Wildman–Crippen LogP) is 1.77. The molecule has 1 aliphatic heterocycles. The first-order chi connectivity index (χ1) is 9.06. The summed E-state index contributed by atoms with van der Waals surface area (Å²) in [4.78, 5) is 11.8. The van der Waals surface area contributed by atoms with Crippen molar-refractivity contribution in [1.29, 1.82) is 0 Å². The monoisotopic (exact) mass is 260 g/mol. The van der Waals surface area contributed by atoms with Gasteiger partial charge >= 0.3 is 0 Å². The maximum absolute atomic E-state index is 11.8. The Morgan fingerprint density at radius 3 is 2.84 bits per heavy atom. The molecule has 3 rings (SSSR count). The molecule has 19 heavy (non-hydrogen) atoms. The fourth-order valence-corrected chi connectivity index (χ4v) is 2.59. The number of para-hydroxylation sites is 1. The lowest BCUT2D eigenvalue weighted by atomic mass is 9.94. The van der Waals surface area contributed by atoms with Gasteiger partial charge in [0.15, 0.2) is 0 Å². The second-order valence-electron chi connectivity index (χ2n) is 5.90. The number of benzene rings is 1. The van der Waals surface area contributed by atoms with Crippen molar-refractivity contribution in [3.05, 3.63) is 29.8 Å². The van der Waals surface area contributed by atoms with Crippen LogP contribution in [0.15, 0.2) is 24.3 Å².